The minimum absolute atomic E-state index is 0.604. The SMILES string of the molecule is CSc1c(CCl)sc2ccc(Br)cc12. The van der Waals surface area contributed by atoms with Crippen molar-refractivity contribution in [3.63, 3.8) is 0 Å². The zero-order valence-electron chi connectivity index (χ0n) is 7.51. The minimum atomic E-state index is 0.604. The van der Waals surface area contributed by atoms with Gasteiger partial charge in [-0.25, -0.2) is 0 Å². The Balaban J connectivity index is 2.74. The highest BCUT2D eigenvalue weighted by molar-refractivity contribution is 9.10. The Kier molecular flexibility index (Phi) is 3.42. The van der Waals surface area contributed by atoms with E-state index < -0.39 is 0 Å². The van der Waals surface area contributed by atoms with Crippen molar-refractivity contribution in [2.45, 2.75) is 10.8 Å². The number of thioether (sulfide) groups is 1. The summed E-state index contributed by atoms with van der Waals surface area (Å²) in [4.78, 5) is 2.59. The van der Waals surface area contributed by atoms with Crippen LogP contribution in [0.4, 0.5) is 0 Å². The highest BCUT2D eigenvalue weighted by Crippen LogP contribution is 2.39. The van der Waals surface area contributed by atoms with Crippen LogP contribution in [0.1, 0.15) is 4.88 Å². The summed E-state index contributed by atoms with van der Waals surface area (Å²) in [7, 11) is 0. The molecule has 0 aliphatic heterocycles. The Morgan fingerprint density at radius 1 is 1.50 bits per heavy atom. The largest absolute Gasteiger partial charge is 0.138 e. The van der Waals surface area contributed by atoms with E-state index in [4.69, 9.17) is 11.6 Å². The second-order valence-corrected chi connectivity index (χ2v) is 5.97. The molecule has 74 valence electrons. The van der Waals surface area contributed by atoms with Crippen molar-refractivity contribution < 1.29 is 0 Å². The fraction of sp³-hybridized carbons (Fsp3) is 0.200. The lowest BCUT2D eigenvalue weighted by atomic mass is 10.2. The van der Waals surface area contributed by atoms with Crippen molar-refractivity contribution in [2.24, 2.45) is 0 Å². The molecule has 0 aliphatic rings. The quantitative estimate of drug-likeness (QED) is 0.548. The second kappa shape index (κ2) is 4.44. The van der Waals surface area contributed by atoms with E-state index >= 15 is 0 Å². The van der Waals surface area contributed by atoms with Crippen LogP contribution in [0.25, 0.3) is 10.1 Å². The molecule has 0 bridgehead atoms. The van der Waals surface area contributed by atoms with Crippen LogP contribution in [0.2, 0.25) is 0 Å². The van der Waals surface area contributed by atoms with Crippen LogP contribution in [0, 0.1) is 0 Å². The van der Waals surface area contributed by atoms with Crippen molar-refractivity contribution in [3.8, 4) is 0 Å². The molecular weight excluding hydrogens is 300 g/mol. The molecule has 0 spiro atoms. The maximum absolute atomic E-state index is 5.91. The van der Waals surface area contributed by atoms with Crippen LogP contribution >= 0.6 is 50.6 Å². The highest BCUT2D eigenvalue weighted by Gasteiger charge is 2.10. The van der Waals surface area contributed by atoms with Crippen molar-refractivity contribution in [1.29, 1.82) is 0 Å². The zero-order chi connectivity index (χ0) is 10.1. The minimum Gasteiger partial charge on any atom is -0.138 e. The molecule has 0 N–H and O–H groups in total. The van der Waals surface area contributed by atoms with E-state index in [1.165, 1.54) is 19.9 Å². The normalized spacial score (nSPS) is 11.1. The van der Waals surface area contributed by atoms with E-state index in [0.717, 1.165) is 4.47 Å². The summed E-state index contributed by atoms with van der Waals surface area (Å²) in [5.41, 5.74) is 0. The molecule has 1 heterocycles. The first-order valence-electron chi connectivity index (χ1n) is 4.07. The van der Waals surface area contributed by atoms with Gasteiger partial charge in [0.2, 0.25) is 0 Å². The van der Waals surface area contributed by atoms with E-state index in [1.807, 2.05) is 0 Å². The Morgan fingerprint density at radius 3 is 2.93 bits per heavy atom. The lowest BCUT2D eigenvalue weighted by Crippen LogP contribution is -1.73. The van der Waals surface area contributed by atoms with Crippen LogP contribution in [-0.2, 0) is 5.88 Å². The maximum Gasteiger partial charge on any atom is 0.0579 e. The van der Waals surface area contributed by atoms with E-state index in [9.17, 15) is 0 Å². The van der Waals surface area contributed by atoms with Gasteiger partial charge in [-0.15, -0.1) is 34.7 Å². The van der Waals surface area contributed by atoms with Gasteiger partial charge in [-0.3, -0.25) is 0 Å². The summed E-state index contributed by atoms with van der Waals surface area (Å²) in [6, 6.07) is 6.37. The third kappa shape index (κ3) is 1.83. The van der Waals surface area contributed by atoms with Crippen LogP contribution in [0.5, 0.6) is 0 Å². The van der Waals surface area contributed by atoms with E-state index in [0.29, 0.717) is 5.88 Å². The number of hydrogen-bond acceptors (Lipinski definition) is 2. The van der Waals surface area contributed by atoms with Crippen LogP contribution in [-0.4, -0.2) is 6.26 Å². The average Bonchev–Trinajstić information content (AvgIpc) is 2.54. The maximum atomic E-state index is 5.91. The average molecular weight is 308 g/mol. The molecule has 0 radical (unpaired) electrons. The summed E-state index contributed by atoms with van der Waals surface area (Å²) >= 11 is 13.0. The van der Waals surface area contributed by atoms with Crippen LogP contribution in [0.3, 0.4) is 0 Å². The van der Waals surface area contributed by atoms with Crippen molar-refractivity contribution in [2.75, 3.05) is 6.26 Å². The van der Waals surface area contributed by atoms with Crippen LogP contribution < -0.4 is 0 Å². The van der Waals surface area contributed by atoms with Gasteiger partial charge in [-0.2, -0.15) is 0 Å². The molecule has 0 nitrogen and oxygen atoms in total. The molecule has 4 heteroatoms. The molecule has 2 rings (SSSR count). The molecule has 2 aromatic rings. The first kappa shape index (κ1) is 10.8. The first-order valence-corrected chi connectivity index (χ1v) is 7.44. The molecule has 0 atom stereocenters. The predicted molar refractivity (Wildman–Crippen MR) is 70.9 cm³/mol. The van der Waals surface area contributed by atoms with Gasteiger partial charge < -0.3 is 0 Å². The lowest BCUT2D eigenvalue weighted by Gasteiger charge is -1.96. The van der Waals surface area contributed by atoms with E-state index in [-0.39, 0.29) is 0 Å². The van der Waals surface area contributed by atoms with Crippen molar-refractivity contribution in [3.05, 3.63) is 27.5 Å². The third-order valence-electron chi connectivity index (χ3n) is 2.00. The Hall–Kier alpha value is 0.300. The van der Waals surface area contributed by atoms with Crippen molar-refractivity contribution in [1.82, 2.24) is 0 Å². The number of thiophene rings is 1. The van der Waals surface area contributed by atoms with Gasteiger partial charge in [-0.1, -0.05) is 15.9 Å². The summed E-state index contributed by atoms with van der Waals surface area (Å²) in [5.74, 6) is 0.604. The van der Waals surface area contributed by atoms with Crippen molar-refractivity contribution >= 4 is 60.7 Å². The number of halogens is 2. The van der Waals surface area contributed by atoms with Gasteiger partial charge in [0.1, 0.15) is 0 Å². The monoisotopic (exact) mass is 306 g/mol. The summed E-state index contributed by atoms with van der Waals surface area (Å²) in [6.45, 7) is 0. The molecular formula is C10H8BrClS2. The van der Waals surface area contributed by atoms with Crippen LogP contribution in [0.15, 0.2) is 27.6 Å². The topological polar surface area (TPSA) is 0 Å². The smallest absolute Gasteiger partial charge is 0.0579 e. The summed E-state index contributed by atoms with van der Waals surface area (Å²) < 4.78 is 2.44. The molecule has 0 unspecified atom stereocenters. The van der Waals surface area contributed by atoms with Gasteiger partial charge in [0.05, 0.1) is 5.88 Å². The first-order chi connectivity index (χ1) is 6.76. The third-order valence-corrected chi connectivity index (χ3v) is 5.09. The van der Waals surface area contributed by atoms with Gasteiger partial charge in [0, 0.05) is 24.3 Å². The second-order valence-electron chi connectivity index (χ2n) is 2.83. The molecule has 0 fully saturated rings. The molecule has 0 saturated carbocycles. The van der Waals surface area contributed by atoms with Gasteiger partial charge in [0.15, 0.2) is 0 Å². The fourth-order valence-corrected chi connectivity index (χ4v) is 4.21. The highest BCUT2D eigenvalue weighted by atomic mass is 79.9. The molecule has 14 heavy (non-hydrogen) atoms. The lowest BCUT2D eigenvalue weighted by molar-refractivity contribution is 1.40. The Bertz CT molecular complexity index is 464. The molecule has 1 aromatic heterocycles. The Labute approximate surface area is 105 Å². The standard InChI is InChI=1S/C10H8BrClS2/c1-13-10-7-4-6(11)2-3-8(7)14-9(10)5-12/h2-4H,5H2,1H3. The zero-order valence-corrected chi connectivity index (χ0v) is 11.5. The number of fused-ring (bicyclic) bond motifs is 1. The number of alkyl halides is 1. The van der Waals surface area contributed by atoms with E-state index in [1.54, 1.807) is 23.1 Å². The van der Waals surface area contributed by atoms with E-state index in [2.05, 4.69) is 40.4 Å². The molecule has 1 aromatic carbocycles. The van der Waals surface area contributed by atoms with Gasteiger partial charge in [0.25, 0.3) is 0 Å². The number of rotatable bonds is 2. The Morgan fingerprint density at radius 2 is 2.29 bits per heavy atom. The predicted octanol–water partition coefficient (Wildman–Crippen LogP) is 5.12. The molecule has 0 saturated heterocycles. The summed E-state index contributed by atoms with van der Waals surface area (Å²) in [6.07, 6.45) is 2.10. The number of hydrogen-bond donors (Lipinski definition) is 0. The molecule has 0 aliphatic carbocycles. The fourth-order valence-electron chi connectivity index (χ4n) is 1.41. The summed E-state index contributed by atoms with van der Waals surface area (Å²) in [5, 5.41) is 1.31. The molecule has 0 amide bonds. The number of benzene rings is 1. The van der Waals surface area contributed by atoms with Gasteiger partial charge >= 0.3 is 0 Å². The van der Waals surface area contributed by atoms with Gasteiger partial charge in [-0.05, 0) is 24.5 Å².